The van der Waals surface area contributed by atoms with Gasteiger partial charge in [-0.3, -0.25) is 19.4 Å². The van der Waals surface area contributed by atoms with Gasteiger partial charge in [-0.25, -0.2) is 14.8 Å². The number of para-hydroxylation sites is 1. The standard InChI is InChI=1S/C30H35N9O5/c1-28(2)12-11-17-18(9-6-10-19(17)28)24(41)34-21-14-39-26(32)33-20(23-29(39,30(21,43)44)36-25(31)35-23)13-38-22(40)15-37(27(38)42)16-7-4-3-5-8-16/h3-10,20-21,23,43-44H,11-15H2,1-2H3,(H2,32,33)(H,34,41)(H3,31,35,36)/t20-,21?,23?,29?/m0/s1. The van der Waals surface area contributed by atoms with Crippen LogP contribution in [0.3, 0.4) is 0 Å². The summed E-state index contributed by atoms with van der Waals surface area (Å²) in [4.78, 5) is 52.8. The van der Waals surface area contributed by atoms with Crippen molar-refractivity contribution in [1.29, 1.82) is 0 Å². The predicted octanol–water partition coefficient (Wildman–Crippen LogP) is -0.846. The molecule has 14 nitrogen and oxygen atoms in total. The van der Waals surface area contributed by atoms with Crippen molar-refractivity contribution in [1.82, 2.24) is 20.4 Å². The highest BCUT2D eigenvalue weighted by atomic mass is 16.5. The van der Waals surface area contributed by atoms with Crippen LogP contribution in [0.2, 0.25) is 0 Å². The van der Waals surface area contributed by atoms with Crippen LogP contribution in [-0.4, -0.2) is 99.0 Å². The molecular weight excluding hydrogens is 566 g/mol. The van der Waals surface area contributed by atoms with Crippen molar-refractivity contribution in [2.75, 3.05) is 24.5 Å². The third-order valence-electron chi connectivity index (χ3n) is 9.75. The number of fused-ring (bicyclic) bond motifs is 1. The zero-order chi connectivity index (χ0) is 31.2. The van der Waals surface area contributed by atoms with E-state index in [0.29, 0.717) is 11.3 Å². The van der Waals surface area contributed by atoms with E-state index < -0.39 is 47.4 Å². The number of rotatable bonds is 5. The van der Waals surface area contributed by atoms with Crippen LogP contribution >= 0.6 is 0 Å². The fraction of sp³-hybridized carbons (Fsp3) is 0.433. The lowest BCUT2D eigenvalue weighted by molar-refractivity contribution is -0.230. The van der Waals surface area contributed by atoms with Crippen LogP contribution in [0.5, 0.6) is 0 Å². The Morgan fingerprint density at radius 3 is 2.59 bits per heavy atom. The number of anilines is 1. The van der Waals surface area contributed by atoms with Crippen molar-refractivity contribution >= 4 is 35.5 Å². The highest BCUT2D eigenvalue weighted by Crippen LogP contribution is 2.45. The van der Waals surface area contributed by atoms with E-state index >= 15 is 0 Å². The number of amides is 4. The van der Waals surface area contributed by atoms with Gasteiger partial charge in [0.1, 0.15) is 18.6 Å². The maximum absolute atomic E-state index is 13.6. The van der Waals surface area contributed by atoms with Gasteiger partial charge in [-0.05, 0) is 47.6 Å². The number of hydrogen-bond donors (Lipinski definition) is 6. The van der Waals surface area contributed by atoms with Crippen LogP contribution in [0.1, 0.15) is 41.8 Å². The normalized spacial score (nSPS) is 29.5. The van der Waals surface area contributed by atoms with Crippen LogP contribution < -0.4 is 27.0 Å². The lowest BCUT2D eigenvalue weighted by Crippen LogP contribution is -2.78. The Balaban J connectivity index is 1.17. The molecule has 4 amide bonds. The quantitative estimate of drug-likeness (QED) is 0.186. The van der Waals surface area contributed by atoms with Gasteiger partial charge in [-0.1, -0.05) is 44.2 Å². The Morgan fingerprint density at radius 1 is 1.09 bits per heavy atom. The van der Waals surface area contributed by atoms with Crippen LogP contribution in [0.25, 0.3) is 0 Å². The highest BCUT2D eigenvalue weighted by Gasteiger charge is 2.73. The summed E-state index contributed by atoms with van der Waals surface area (Å²) in [7, 11) is 0. The topological polar surface area (TPSA) is 202 Å². The lowest BCUT2D eigenvalue weighted by atomic mass is 9.84. The number of nitrogens with two attached hydrogens (primary N) is 2. The van der Waals surface area contributed by atoms with Crippen molar-refractivity contribution < 1.29 is 24.6 Å². The van der Waals surface area contributed by atoms with Gasteiger partial charge in [0.2, 0.25) is 5.79 Å². The second-order valence-electron chi connectivity index (χ2n) is 12.7. The molecule has 3 unspecified atom stereocenters. The SMILES string of the molecule is CC1(C)CCc2c(C(=O)NC3CN4C(N)=N[C@@H](CN5C(=O)CN(c6ccccc6)C5=O)C5N=C(N)NC54C3(O)O)cccc21. The van der Waals surface area contributed by atoms with Crippen LogP contribution in [0.4, 0.5) is 10.5 Å². The van der Waals surface area contributed by atoms with Gasteiger partial charge in [0.15, 0.2) is 17.6 Å². The lowest BCUT2D eigenvalue weighted by Gasteiger charge is -2.49. The number of guanidine groups is 2. The molecule has 0 radical (unpaired) electrons. The Hall–Kier alpha value is -4.69. The molecular formula is C30H35N9O5. The Kier molecular flexibility index (Phi) is 6.01. The van der Waals surface area contributed by atoms with Gasteiger partial charge in [0.25, 0.3) is 11.8 Å². The zero-order valence-corrected chi connectivity index (χ0v) is 24.4. The summed E-state index contributed by atoms with van der Waals surface area (Å²) in [5, 5.41) is 29.4. The van der Waals surface area contributed by atoms with E-state index in [9.17, 15) is 24.6 Å². The highest BCUT2D eigenvalue weighted by molar-refractivity contribution is 6.12. The molecule has 1 aliphatic carbocycles. The number of benzene rings is 2. The van der Waals surface area contributed by atoms with Crippen LogP contribution in [0, 0.1) is 0 Å². The Labute approximate surface area is 253 Å². The number of aliphatic imine (C=N–C) groups is 2. The minimum Gasteiger partial charge on any atom is -0.370 e. The molecule has 0 saturated carbocycles. The Morgan fingerprint density at radius 2 is 1.84 bits per heavy atom. The molecule has 2 aromatic rings. The van der Waals surface area contributed by atoms with E-state index in [1.807, 2.05) is 18.2 Å². The fourth-order valence-electron chi connectivity index (χ4n) is 7.46. The molecule has 8 N–H and O–H groups in total. The Bertz CT molecular complexity index is 1640. The first-order valence-corrected chi connectivity index (χ1v) is 14.6. The van der Waals surface area contributed by atoms with Gasteiger partial charge < -0.3 is 37.2 Å². The summed E-state index contributed by atoms with van der Waals surface area (Å²) in [5.41, 5.74) is 13.7. The molecule has 0 bridgehead atoms. The summed E-state index contributed by atoms with van der Waals surface area (Å²) in [5.74, 6) is -3.71. The summed E-state index contributed by atoms with van der Waals surface area (Å²) < 4.78 is 0. The van der Waals surface area contributed by atoms with Crippen molar-refractivity contribution in [2.45, 2.75) is 61.7 Å². The molecule has 4 atom stereocenters. The van der Waals surface area contributed by atoms with E-state index in [4.69, 9.17) is 11.5 Å². The fourth-order valence-corrected chi connectivity index (χ4v) is 7.46. The van der Waals surface area contributed by atoms with Crippen LogP contribution in [-0.2, 0) is 16.6 Å². The average Bonchev–Trinajstić information content (AvgIpc) is 3.66. The molecule has 0 aromatic heterocycles. The minimum atomic E-state index is -2.65. The molecule has 2 fully saturated rings. The second kappa shape index (κ2) is 9.40. The van der Waals surface area contributed by atoms with E-state index in [1.54, 1.807) is 30.3 Å². The summed E-state index contributed by atoms with van der Waals surface area (Å²) in [6.45, 7) is 3.78. The van der Waals surface area contributed by atoms with E-state index in [2.05, 4.69) is 34.5 Å². The van der Waals surface area contributed by atoms with Crippen molar-refractivity contribution in [3.63, 3.8) is 0 Å². The molecule has 2 aromatic carbocycles. The number of nitrogens with zero attached hydrogens (tertiary/aromatic N) is 5. The first kappa shape index (κ1) is 28.1. The number of imide groups is 1. The summed E-state index contributed by atoms with van der Waals surface area (Å²) >= 11 is 0. The van der Waals surface area contributed by atoms with Gasteiger partial charge in [-0.15, -0.1) is 0 Å². The van der Waals surface area contributed by atoms with Crippen molar-refractivity contribution in [3.8, 4) is 0 Å². The third kappa shape index (κ3) is 3.83. The summed E-state index contributed by atoms with van der Waals surface area (Å²) in [6, 6.07) is 10.6. The number of aliphatic hydroxyl groups is 2. The minimum absolute atomic E-state index is 0.0671. The number of carbonyl (C=O) groups is 3. The maximum Gasteiger partial charge on any atom is 0.331 e. The van der Waals surface area contributed by atoms with Crippen molar-refractivity contribution in [3.05, 3.63) is 65.2 Å². The van der Waals surface area contributed by atoms with E-state index in [0.717, 1.165) is 28.9 Å². The molecule has 230 valence electrons. The first-order chi connectivity index (χ1) is 20.8. The van der Waals surface area contributed by atoms with Crippen molar-refractivity contribution in [2.24, 2.45) is 21.5 Å². The molecule has 2 saturated heterocycles. The zero-order valence-electron chi connectivity index (χ0n) is 24.4. The number of nitrogens with one attached hydrogen (secondary N) is 2. The number of carbonyl (C=O) groups excluding carboxylic acids is 3. The first-order valence-electron chi connectivity index (χ1n) is 14.6. The number of hydrogen-bond acceptors (Lipinski definition) is 11. The molecule has 5 aliphatic rings. The van der Waals surface area contributed by atoms with Crippen LogP contribution in [0.15, 0.2) is 58.5 Å². The van der Waals surface area contributed by atoms with Gasteiger partial charge in [0, 0.05) is 17.8 Å². The molecule has 14 heteroatoms. The van der Waals surface area contributed by atoms with E-state index in [1.165, 1.54) is 9.80 Å². The smallest absolute Gasteiger partial charge is 0.331 e. The molecule has 44 heavy (non-hydrogen) atoms. The van der Waals surface area contributed by atoms with E-state index in [-0.39, 0.29) is 37.0 Å². The number of urea groups is 1. The maximum atomic E-state index is 13.6. The average molecular weight is 602 g/mol. The largest absolute Gasteiger partial charge is 0.370 e. The molecule has 4 aliphatic heterocycles. The summed E-state index contributed by atoms with van der Waals surface area (Å²) in [6.07, 6.45) is 1.64. The third-order valence-corrected chi connectivity index (χ3v) is 9.75. The van der Waals surface area contributed by atoms with Gasteiger partial charge in [-0.2, -0.15) is 0 Å². The molecule has 7 rings (SSSR count). The second-order valence-corrected chi connectivity index (χ2v) is 12.7. The molecule has 1 spiro atoms. The predicted molar refractivity (Wildman–Crippen MR) is 161 cm³/mol. The van der Waals surface area contributed by atoms with Gasteiger partial charge in [0.05, 0.1) is 12.6 Å². The van der Waals surface area contributed by atoms with Gasteiger partial charge >= 0.3 is 6.03 Å². The monoisotopic (exact) mass is 601 g/mol. The molecule has 4 heterocycles.